The van der Waals surface area contributed by atoms with E-state index in [-0.39, 0.29) is 6.04 Å². The van der Waals surface area contributed by atoms with Gasteiger partial charge in [0, 0.05) is 17.0 Å². The standard InChI is InChI=1S/C16H22F3NO2S2/c1-4-9-20(11(2)3)13-10-12-7-5-6-8-14(12)23-15(13)24(21,22)16(17,18)19/h5-8,11,13,15H,4,9-10H2,1-3H3. The first-order valence-corrected chi connectivity index (χ1v) is 10.3. The number of halogens is 3. The summed E-state index contributed by atoms with van der Waals surface area (Å²) in [7, 11) is -5.27. The van der Waals surface area contributed by atoms with Gasteiger partial charge in [0.25, 0.3) is 9.84 Å². The van der Waals surface area contributed by atoms with E-state index in [4.69, 9.17) is 0 Å². The van der Waals surface area contributed by atoms with Crippen LogP contribution in [0.5, 0.6) is 0 Å². The maximum atomic E-state index is 13.2. The number of rotatable bonds is 5. The first-order valence-electron chi connectivity index (χ1n) is 7.90. The second kappa shape index (κ2) is 7.25. The molecule has 0 N–H and O–H groups in total. The molecule has 0 radical (unpaired) electrons. The van der Waals surface area contributed by atoms with Crippen LogP contribution in [0.15, 0.2) is 29.2 Å². The minimum Gasteiger partial charge on any atom is -0.296 e. The maximum Gasteiger partial charge on any atom is 0.498 e. The summed E-state index contributed by atoms with van der Waals surface area (Å²) < 4.78 is 62.4. The minimum atomic E-state index is -5.27. The first-order chi connectivity index (χ1) is 11.1. The van der Waals surface area contributed by atoms with Crippen LogP contribution in [0.4, 0.5) is 13.2 Å². The number of alkyl halides is 3. The molecule has 0 aliphatic carbocycles. The van der Waals surface area contributed by atoms with Gasteiger partial charge in [-0.05, 0) is 44.9 Å². The fourth-order valence-corrected chi connectivity index (χ4v) is 6.25. The normalized spacial score (nSPS) is 22.0. The van der Waals surface area contributed by atoms with Crippen molar-refractivity contribution in [3.05, 3.63) is 29.8 Å². The molecule has 0 spiro atoms. The van der Waals surface area contributed by atoms with Crippen molar-refractivity contribution in [1.29, 1.82) is 0 Å². The molecule has 0 aromatic heterocycles. The van der Waals surface area contributed by atoms with Crippen LogP contribution in [0.1, 0.15) is 32.8 Å². The average molecular weight is 381 g/mol. The minimum absolute atomic E-state index is 0.0354. The first kappa shape index (κ1) is 19.6. The monoisotopic (exact) mass is 381 g/mol. The predicted octanol–water partition coefficient (Wildman–Crippen LogP) is 4.08. The topological polar surface area (TPSA) is 37.4 Å². The van der Waals surface area contributed by atoms with E-state index in [2.05, 4.69) is 0 Å². The Morgan fingerprint density at radius 2 is 1.92 bits per heavy atom. The van der Waals surface area contributed by atoms with E-state index in [0.29, 0.717) is 17.9 Å². The van der Waals surface area contributed by atoms with Gasteiger partial charge in [-0.1, -0.05) is 25.1 Å². The lowest BCUT2D eigenvalue weighted by Gasteiger charge is -2.41. The molecule has 0 fully saturated rings. The number of fused-ring (bicyclic) bond motifs is 1. The molecular formula is C16H22F3NO2S2. The highest BCUT2D eigenvalue weighted by Gasteiger charge is 2.55. The van der Waals surface area contributed by atoms with Gasteiger partial charge in [-0.15, -0.1) is 11.8 Å². The third-order valence-corrected chi connectivity index (χ3v) is 7.98. The van der Waals surface area contributed by atoms with Crippen molar-refractivity contribution in [2.45, 2.75) is 60.7 Å². The van der Waals surface area contributed by atoms with Crippen LogP contribution in [0, 0.1) is 0 Å². The Morgan fingerprint density at radius 3 is 2.46 bits per heavy atom. The number of nitrogens with zero attached hydrogens (tertiary/aromatic N) is 1. The highest BCUT2D eigenvalue weighted by Crippen LogP contribution is 2.44. The second-order valence-electron chi connectivity index (χ2n) is 6.19. The molecule has 2 rings (SSSR count). The van der Waals surface area contributed by atoms with Gasteiger partial charge in [-0.25, -0.2) is 8.42 Å². The molecule has 24 heavy (non-hydrogen) atoms. The highest BCUT2D eigenvalue weighted by atomic mass is 32.3. The van der Waals surface area contributed by atoms with Gasteiger partial charge in [0.2, 0.25) is 0 Å². The molecule has 0 saturated heterocycles. The van der Waals surface area contributed by atoms with E-state index >= 15 is 0 Å². The molecule has 1 heterocycles. The fraction of sp³-hybridized carbons (Fsp3) is 0.625. The SMILES string of the molecule is CCCN(C(C)C)C1Cc2ccccc2SC1S(=O)(=O)C(F)(F)F. The number of thioether (sulfide) groups is 1. The van der Waals surface area contributed by atoms with Crippen molar-refractivity contribution in [1.82, 2.24) is 4.90 Å². The molecule has 0 amide bonds. The third-order valence-electron chi connectivity index (χ3n) is 4.16. The van der Waals surface area contributed by atoms with Crippen molar-refractivity contribution in [2.75, 3.05) is 6.54 Å². The van der Waals surface area contributed by atoms with Gasteiger partial charge in [-0.3, -0.25) is 4.90 Å². The lowest BCUT2D eigenvalue weighted by molar-refractivity contribution is -0.0446. The predicted molar refractivity (Wildman–Crippen MR) is 90.7 cm³/mol. The zero-order valence-electron chi connectivity index (χ0n) is 13.9. The number of benzene rings is 1. The largest absolute Gasteiger partial charge is 0.498 e. The Hall–Kier alpha value is -0.730. The van der Waals surface area contributed by atoms with Gasteiger partial charge in [0.05, 0.1) is 0 Å². The van der Waals surface area contributed by atoms with Crippen molar-refractivity contribution in [2.24, 2.45) is 0 Å². The average Bonchev–Trinajstić information content (AvgIpc) is 2.50. The van der Waals surface area contributed by atoms with Gasteiger partial charge in [0.15, 0.2) is 0 Å². The van der Waals surface area contributed by atoms with Crippen molar-refractivity contribution < 1.29 is 21.6 Å². The smallest absolute Gasteiger partial charge is 0.296 e. The molecule has 1 aromatic rings. The summed E-state index contributed by atoms with van der Waals surface area (Å²) in [5.41, 5.74) is -4.34. The molecule has 0 bridgehead atoms. The molecular weight excluding hydrogens is 359 g/mol. The Bertz CT molecular complexity index is 674. The molecule has 8 heteroatoms. The number of hydrogen-bond donors (Lipinski definition) is 0. The van der Waals surface area contributed by atoms with Crippen LogP contribution in [0.3, 0.4) is 0 Å². The Morgan fingerprint density at radius 1 is 1.29 bits per heavy atom. The number of sulfone groups is 1. The van der Waals surface area contributed by atoms with E-state index in [1.165, 1.54) is 0 Å². The van der Waals surface area contributed by atoms with Crippen LogP contribution in [-0.4, -0.2) is 42.0 Å². The van der Waals surface area contributed by atoms with E-state index < -0.39 is 26.0 Å². The van der Waals surface area contributed by atoms with Gasteiger partial charge >= 0.3 is 5.51 Å². The maximum absolute atomic E-state index is 13.2. The summed E-state index contributed by atoms with van der Waals surface area (Å²) in [6, 6.07) is 6.36. The molecule has 136 valence electrons. The molecule has 1 aliphatic rings. The summed E-state index contributed by atoms with van der Waals surface area (Å²) in [5, 5.41) is 0. The van der Waals surface area contributed by atoms with E-state index in [9.17, 15) is 21.6 Å². The molecule has 3 nitrogen and oxygen atoms in total. The molecule has 1 aromatic carbocycles. The van der Waals surface area contributed by atoms with E-state index in [0.717, 1.165) is 23.7 Å². The van der Waals surface area contributed by atoms with Crippen molar-refractivity contribution in [3.63, 3.8) is 0 Å². The van der Waals surface area contributed by atoms with E-state index in [1.54, 1.807) is 12.1 Å². The molecule has 2 atom stereocenters. The lowest BCUT2D eigenvalue weighted by Crippen LogP contribution is -2.53. The second-order valence-corrected chi connectivity index (χ2v) is 9.73. The molecule has 1 aliphatic heterocycles. The van der Waals surface area contributed by atoms with E-state index in [1.807, 2.05) is 37.8 Å². The quantitative estimate of drug-likeness (QED) is 0.770. The summed E-state index contributed by atoms with van der Waals surface area (Å²) in [5.74, 6) is 0. The fourth-order valence-electron chi connectivity index (χ4n) is 3.05. The Labute approximate surface area is 145 Å². The molecule has 0 saturated carbocycles. The summed E-state index contributed by atoms with van der Waals surface area (Å²) in [6.07, 6.45) is 1.06. The van der Waals surface area contributed by atoms with Gasteiger partial charge < -0.3 is 0 Å². The van der Waals surface area contributed by atoms with Gasteiger partial charge in [-0.2, -0.15) is 13.2 Å². The zero-order chi connectivity index (χ0) is 18.1. The third kappa shape index (κ3) is 3.75. The Kier molecular flexibility index (Phi) is 5.92. The summed E-state index contributed by atoms with van der Waals surface area (Å²) in [4.78, 5) is 2.50. The van der Waals surface area contributed by atoms with Crippen LogP contribution >= 0.6 is 11.8 Å². The van der Waals surface area contributed by atoms with Crippen LogP contribution in [0.25, 0.3) is 0 Å². The van der Waals surface area contributed by atoms with Crippen molar-refractivity contribution in [3.8, 4) is 0 Å². The van der Waals surface area contributed by atoms with Gasteiger partial charge in [0.1, 0.15) is 4.58 Å². The summed E-state index contributed by atoms with van der Waals surface area (Å²) >= 11 is 0.821. The zero-order valence-corrected chi connectivity index (χ0v) is 15.5. The summed E-state index contributed by atoms with van der Waals surface area (Å²) in [6.45, 7) is 6.28. The van der Waals surface area contributed by atoms with Crippen LogP contribution < -0.4 is 0 Å². The molecule has 2 unspecified atom stereocenters. The van der Waals surface area contributed by atoms with Crippen LogP contribution in [0.2, 0.25) is 0 Å². The van der Waals surface area contributed by atoms with Crippen LogP contribution in [-0.2, 0) is 16.3 Å². The Balaban J connectivity index is 2.51. The van der Waals surface area contributed by atoms with Crippen molar-refractivity contribution >= 4 is 21.6 Å². The highest BCUT2D eigenvalue weighted by molar-refractivity contribution is 8.14. The number of hydrogen-bond acceptors (Lipinski definition) is 4. The lowest BCUT2D eigenvalue weighted by atomic mass is 10.0.